The lowest BCUT2D eigenvalue weighted by atomic mass is 9.97. The normalized spacial score (nSPS) is 18.5. The molecular formula is C19H24FN3O5. The molecule has 1 aromatic rings. The van der Waals surface area contributed by atoms with Gasteiger partial charge >= 0.3 is 5.97 Å². The van der Waals surface area contributed by atoms with Crippen LogP contribution < -0.4 is 15.5 Å². The number of carbonyl (C=O) groups is 4. The molecule has 3 N–H and O–H groups in total. The Morgan fingerprint density at radius 3 is 2.50 bits per heavy atom. The van der Waals surface area contributed by atoms with Crippen LogP contribution in [0.25, 0.3) is 0 Å². The van der Waals surface area contributed by atoms with Crippen LogP contribution in [0.5, 0.6) is 0 Å². The van der Waals surface area contributed by atoms with Crippen molar-refractivity contribution in [1.29, 1.82) is 0 Å². The molecule has 152 valence electrons. The van der Waals surface area contributed by atoms with E-state index < -0.39 is 42.1 Å². The number of carbonyl (C=O) groups excluding carboxylic acids is 3. The molecule has 1 aliphatic rings. The minimum absolute atomic E-state index is 0.0207. The fourth-order valence-corrected chi connectivity index (χ4v) is 3.00. The van der Waals surface area contributed by atoms with Gasteiger partial charge in [0, 0.05) is 18.7 Å². The number of halogens is 1. The van der Waals surface area contributed by atoms with Gasteiger partial charge in [-0.2, -0.15) is 0 Å². The summed E-state index contributed by atoms with van der Waals surface area (Å²) in [5.41, 5.74) is 0.499. The van der Waals surface area contributed by atoms with Gasteiger partial charge < -0.3 is 20.6 Å². The van der Waals surface area contributed by atoms with Crippen molar-refractivity contribution in [1.82, 2.24) is 10.6 Å². The van der Waals surface area contributed by atoms with E-state index in [9.17, 15) is 23.6 Å². The average molecular weight is 393 g/mol. The Hall–Kier alpha value is -2.97. The van der Waals surface area contributed by atoms with Crippen LogP contribution in [-0.2, 0) is 19.2 Å². The van der Waals surface area contributed by atoms with Gasteiger partial charge in [-0.15, -0.1) is 0 Å². The first-order valence-corrected chi connectivity index (χ1v) is 9.08. The summed E-state index contributed by atoms with van der Waals surface area (Å²) >= 11 is 0. The quantitative estimate of drug-likeness (QED) is 0.607. The van der Waals surface area contributed by atoms with Crippen molar-refractivity contribution >= 4 is 29.4 Å². The Labute approximate surface area is 162 Å². The molecular weight excluding hydrogens is 369 g/mol. The fourth-order valence-electron chi connectivity index (χ4n) is 3.00. The first-order valence-electron chi connectivity index (χ1n) is 9.08. The minimum Gasteiger partial charge on any atom is -0.480 e. The van der Waals surface area contributed by atoms with Gasteiger partial charge in [0.25, 0.3) is 0 Å². The molecule has 0 aliphatic carbocycles. The zero-order chi connectivity index (χ0) is 20.8. The predicted molar refractivity (Wildman–Crippen MR) is 98.9 cm³/mol. The second-order valence-electron chi connectivity index (χ2n) is 6.87. The second-order valence-corrected chi connectivity index (χ2v) is 6.87. The molecule has 3 amide bonds. The Morgan fingerprint density at radius 2 is 1.93 bits per heavy atom. The number of carboxylic acid groups (broad SMARTS) is 1. The molecule has 1 aliphatic heterocycles. The summed E-state index contributed by atoms with van der Waals surface area (Å²) in [5, 5.41) is 13.6. The lowest BCUT2D eigenvalue weighted by Crippen LogP contribution is -2.52. The van der Waals surface area contributed by atoms with Crippen LogP contribution in [0, 0.1) is 17.7 Å². The number of amides is 3. The van der Waals surface area contributed by atoms with E-state index in [2.05, 4.69) is 10.6 Å². The van der Waals surface area contributed by atoms with Crippen molar-refractivity contribution in [3.05, 3.63) is 30.1 Å². The van der Waals surface area contributed by atoms with Gasteiger partial charge in [0.1, 0.15) is 18.4 Å². The highest BCUT2D eigenvalue weighted by molar-refractivity contribution is 6.01. The van der Waals surface area contributed by atoms with E-state index in [1.807, 2.05) is 6.92 Å². The van der Waals surface area contributed by atoms with Crippen molar-refractivity contribution in [2.24, 2.45) is 11.8 Å². The molecule has 8 nitrogen and oxygen atoms in total. The third-order valence-electron chi connectivity index (χ3n) is 4.84. The lowest BCUT2D eigenvalue weighted by molar-refractivity contribution is -0.138. The fraction of sp³-hybridized carbons (Fsp3) is 0.474. The Morgan fingerprint density at radius 1 is 1.29 bits per heavy atom. The number of nitrogens with zero attached hydrogens (tertiary/aromatic N) is 1. The number of benzene rings is 1. The van der Waals surface area contributed by atoms with Gasteiger partial charge in [0.15, 0.2) is 0 Å². The summed E-state index contributed by atoms with van der Waals surface area (Å²) < 4.78 is 13.1. The van der Waals surface area contributed by atoms with Crippen molar-refractivity contribution in [3.8, 4) is 0 Å². The van der Waals surface area contributed by atoms with Crippen LogP contribution in [0.3, 0.4) is 0 Å². The number of hydrogen-bond acceptors (Lipinski definition) is 4. The molecule has 0 aromatic heterocycles. The SMILES string of the molecule is CC[C@@H](C)[C@H](NC(=O)[C@@H]1CC(=O)N(c2ccc(F)cc2)C1)C(=O)NCC(=O)O. The smallest absolute Gasteiger partial charge is 0.322 e. The van der Waals surface area contributed by atoms with Crippen LogP contribution in [0.2, 0.25) is 0 Å². The van der Waals surface area contributed by atoms with Crippen LogP contribution in [-0.4, -0.2) is 47.9 Å². The van der Waals surface area contributed by atoms with Crippen LogP contribution in [0.15, 0.2) is 24.3 Å². The number of carboxylic acids is 1. The third kappa shape index (κ3) is 5.28. The second kappa shape index (κ2) is 9.29. The van der Waals surface area contributed by atoms with Crippen LogP contribution in [0.4, 0.5) is 10.1 Å². The number of hydrogen-bond donors (Lipinski definition) is 3. The molecule has 2 rings (SSSR count). The van der Waals surface area contributed by atoms with E-state index >= 15 is 0 Å². The number of aliphatic carboxylic acids is 1. The zero-order valence-electron chi connectivity index (χ0n) is 15.8. The molecule has 1 fully saturated rings. The zero-order valence-corrected chi connectivity index (χ0v) is 15.8. The highest BCUT2D eigenvalue weighted by Gasteiger charge is 2.37. The van der Waals surface area contributed by atoms with E-state index in [-0.39, 0.29) is 24.8 Å². The van der Waals surface area contributed by atoms with E-state index in [1.165, 1.54) is 29.2 Å². The summed E-state index contributed by atoms with van der Waals surface area (Å²) in [6.07, 6.45) is 0.573. The highest BCUT2D eigenvalue weighted by Crippen LogP contribution is 2.25. The van der Waals surface area contributed by atoms with Gasteiger partial charge in [-0.25, -0.2) is 4.39 Å². The monoisotopic (exact) mass is 393 g/mol. The van der Waals surface area contributed by atoms with Crippen LogP contribution in [0.1, 0.15) is 26.7 Å². The summed E-state index contributed by atoms with van der Waals surface area (Å²) in [6, 6.07) is 4.51. The Balaban J connectivity index is 2.04. The predicted octanol–water partition coefficient (Wildman–Crippen LogP) is 0.910. The molecule has 0 bridgehead atoms. The maximum absolute atomic E-state index is 13.1. The molecule has 0 unspecified atom stereocenters. The molecule has 0 radical (unpaired) electrons. The van der Waals surface area contributed by atoms with Gasteiger partial charge in [-0.05, 0) is 30.2 Å². The molecule has 0 spiro atoms. The summed E-state index contributed by atoms with van der Waals surface area (Å²) in [5.74, 6) is -3.77. The highest BCUT2D eigenvalue weighted by atomic mass is 19.1. The van der Waals surface area contributed by atoms with Crippen molar-refractivity contribution in [2.45, 2.75) is 32.7 Å². The van der Waals surface area contributed by atoms with E-state index in [0.717, 1.165) is 0 Å². The number of rotatable bonds is 8. The number of nitrogens with one attached hydrogen (secondary N) is 2. The first kappa shape index (κ1) is 21.3. The average Bonchev–Trinajstić information content (AvgIpc) is 3.05. The Kier molecular flexibility index (Phi) is 7.08. The Bertz CT molecular complexity index is 752. The molecule has 0 saturated carbocycles. The standard InChI is InChI=1S/C19H24FN3O5/c1-3-11(2)17(19(28)21-9-16(25)26)22-18(27)12-8-15(24)23(10-12)14-6-4-13(20)5-7-14/h4-7,11-12,17H,3,8-10H2,1-2H3,(H,21,28)(H,22,27)(H,25,26)/t11-,12-,17+/m1/s1. The summed E-state index contributed by atoms with van der Waals surface area (Å²) in [7, 11) is 0. The minimum atomic E-state index is -1.18. The van der Waals surface area contributed by atoms with Crippen LogP contribution >= 0.6 is 0 Å². The summed E-state index contributed by atoms with van der Waals surface area (Å²) in [4.78, 5) is 49.3. The van der Waals surface area contributed by atoms with Gasteiger partial charge in [-0.3, -0.25) is 19.2 Å². The van der Waals surface area contributed by atoms with Crippen molar-refractivity contribution in [2.75, 3.05) is 18.0 Å². The van der Waals surface area contributed by atoms with E-state index in [4.69, 9.17) is 5.11 Å². The van der Waals surface area contributed by atoms with Crippen molar-refractivity contribution < 1.29 is 28.7 Å². The molecule has 1 heterocycles. The van der Waals surface area contributed by atoms with Crippen molar-refractivity contribution in [3.63, 3.8) is 0 Å². The van der Waals surface area contributed by atoms with Gasteiger partial charge in [-0.1, -0.05) is 20.3 Å². The summed E-state index contributed by atoms with van der Waals surface area (Å²) in [6.45, 7) is 3.21. The largest absolute Gasteiger partial charge is 0.480 e. The maximum Gasteiger partial charge on any atom is 0.322 e. The number of anilines is 1. The van der Waals surface area contributed by atoms with E-state index in [0.29, 0.717) is 12.1 Å². The van der Waals surface area contributed by atoms with Gasteiger partial charge in [0.05, 0.1) is 5.92 Å². The topological polar surface area (TPSA) is 116 Å². The lowest BCUT2D eigenvalue weighted by Gasteiger charge is -2.24. The molecule has 3 atom stereocenters. The molecule has 28 heavy (non-hydrogen) atoms. The third-order valence-corrected chi connectivity index (χ3v) is 4.84. The first-order chi connectivity index (χ1) is 13.2. The maximum atomic E-state index is 13.1. The van der Waals surface area contributed by atoms with E-state index in [1.54, 1.807) is 6.92 Å². The molecule has 9 heteroatoms. The molecule has 1 saturated heterocycles. The molecule has 1 aromatic carbocycles. The van der Waals surface area contributed by atoms with Gasteiger partial charge in [0.2, 0.25) is 17.7 Å².